The van der Waals surface area contributed by atoms with Crippen LogP contribution >= 0.6 is 0 Å². The summed E-state index contributed by atoms with van der Waals surface area (Å²) in [4.78, 5) is 1.89. The van der Waals surface area contributed by atoms with E-state index in [-0.39, 0.29) is 6.54 Å². The lowest BCUT2D eigenvalue weighted by molar-refractivity contribution is 0.0754. The zero-order valence-electron chi connectivity index (χ0n) is 12.5. The molecule has 1 aliphatic heterocycles. The first kappa shape index (κ1) is 15.4. The molecule has 20 heavy (non-hydrogen) atoms. The molecule has 0 spiro atoms. The number of benzene rings is 1. The van der Waals surface area contributed by atoms with Crippen LogP contribution in [-0.4, -0.2) is 31.0 Å². The third-order valence-electron chi connectivity index (χ3n) is 4.45. The second kappa shape index (κ2) is 7.16. The molecule has 1 saturated heterocycles. The third kappa shape index (κ3) is 3.78. The van der Waals surface area contributed by atoms with Crippen LogP contribution in [-0.2, 0) is 12.8 Å². The topological polar surface area (TPSA) is 3.24 Å². The first-order chi connectivity index (χ1) is 9.63. The maximum Gasteiger partial charge on any atom is 0.251 e. The number of likely N-dealkylation sites (tertiary alicyclic amines) is 1. The number of hydrogen-bond donors (Lipinski definition) is 0. The fourth-order valence-corrected chi connectivity index (χ4v) is 3.22. The molecule has 1 aromatic rings. The van der Waals surface area contributed by atoms with Gasteiger partial charge in [-0.25, -0.2) is 8.78 Å². The molecule has 0 aromatic heterocycles. The van der Waals surface area contributed by atoms with Gasteiger partial charge >= 0.3 is 0 Å². The maximum absolute atomic E-state index is 12.4. The first-order valence-electron chi connectivity index (χ1n) is 7.76. The second-order valence-corrected chi connectivity index (χ2v) is 5.70. The average Bonchev–Trinajstić information content (AvgIpc) is 2.46. The van der Waals surface area contributed by atoms with Gasteiger partial charge in [0.2, 0.25) is 0 Å². The number of hydrogen-bond acceptors (Lipinski definition) is 1. The predicted molar refractivity (Wildman–Crippen MR) is 79.6 cm³/mol. The molecule has 0 unspecified atom stereocenters. The van der Waals surface area contributed by atoms with Crippen LogP contribution in [0, 0.1) is 0 Å². The summed E-state index contributed by atoms with van der Waals surface area (Å²) in [5.41, 5.74) is 4.28. The van der Waals surface area contributed by atoms with Gasteiger partial charge in [-0.15, -0.1) is 0 Å². The minimum absolute atomic E-state index is 0.0678. The Balaban J connectivity index is 2.00. The summed E-state index contributed by atoms with van der Waals surface area (Å²) in [6, 6.07) is 6.83. The molecule has 0 aliphatic carbocycles. The van der Waals surface area contributed by atoms with Gasteiger partial charge in [0.15, 0.2) is 0 Å². The van der Waals surface area contributed by atoms with Gasteiger partial charge in [-0.1, -0.05) is 32.0 Å². The fraction of sp³-hybridized carbons (Fsp3) is 0.647. The fourth-order valence-electron chi connectivity index (χ4n) is 3.22. The van der Waals surface area contributed by atoms with E-state index in [2.05, 4.69) is 32.0 Å². The van der Waals surface area contributed by atoms with E-state index in [4.69, 9.17) is 0 Å². The summed E-state index contributed by atoms with van der Waals surface area (Å²) in [6.07, 6.45) is 1.95. The average molecular weight is 281 g/mol. The lowest BCUT2D eigenvalue weighted by Crippen LogP contribution is -2.36. The molecule has 0 N–H and O–H groups in total. The molecule has 1 aliphatic rings. The van der Waals surface area contributed by atoms with Crippen LogP contribution in [0.3, 0.4) is 0 Å². The summed E-state index contributed by atoms with van der Waals surface area (Å²) < 4.78 is 24.8. The van der Waals surface area contributed by atoms with Gasteiger partial charge in [0.05, 0.1) is 6.54 Å². The number of nitrogens with zero attached hydrogens (tertiary/aromatic N) is 1. The van der Waals surface area contributed by atoms with E-state index in [0.29, 0.717) is 5.92 Å². The lowest BCUT2D eigenvalue weighted by Gasteiger charge is -2.32. The molecule has 0 atom stereocenters. The van der Waals surface area contributed by atoms with Crippen LogP contribution in [0.15, 0.2) is 18.2 Å². The Morgan fingerprint density at radius 2 is 1.75 bits per heavy atom. The van der Waals surface area contributed by atoms with Crippen LogP contribution < -0.4 is 0 Å². The highest BCUT2D eigenvalue weighted by atomic mass is 19.3. The van der Waals surface area contributed by atoms with E-state index in [1.165, 1.54) is 16.7 Å². The quantitative estimate of drug-likeness (QED) is 0.779. The molecule has 112 valence electrons. The van der Waals surface area contributed by atoms with Crippen molar-refractivity contribution in [3.8, 4) is 0 Å². The lowest BCUT2D eigenvalue weighted by atomic mass is 9.87. The molecule has 0 saturated carbocycles. The molecule has 1 nitrogen and oxygen atoms in total. The van der Waals surface area contributed by atoms with Crippen molar-refractivity contribution in [2.75, 3.05) is 19.6 Å². The van der Waals surface area contributed by atoms with Crippen molar-refractivity contribution in [2.45, 2.75) is 51.9 Å². The van der Waals surface area contributed by atoms with Crippen molar-refractivity contribution in [3.05, 3.63) is 34.9 Å². The summed E-state index contributed by atoms with van der Waals surface area (Å²) in [7, 11) is 0. The van der Waals surface area contributed by atoms with Crippen molar-refractivity contribution in [2.24, 2.45) is 0 Å². The van der Waals surface area contributed by atoms with Gasteiger partial charge < -0.3 is 0 Å². The molecule has 0 radical (unpaired) electrons. The number of halogens is 2. The largest absolute Gasteiger partial charge is 0.298 e. The first-order valence-corrected chi connectivity index (χ1v) is 7.76. The molecule has 0 amide bonds. The standard InChI is InChI=1S/C17H25F2N/c1-3-13-5-6-16(11-14(13)4-2)15-7-9-20(10-8-15)12-17(18)19/h5-6,11,15,17H,3-4,7-10,12H2,1-2H3. The van der Waals surface area contributed by atoms with Crippen molar-refractivity contribution in [3.63, 3.8) is 0 Å². The van der Waals surface area contributed by atoms with Gasteiger partial charge in [0.25, 0.3) is 6.43 Å². The number of aryl methyl sites for hydroxylation is 2. The summed E-state index contributed by atoms with van der Waals surface area (Å²) >= 11 is 0. The van der Waals surface area contributed by atoms with Gasteiger partial charge in [-0.3, -0.25) is 4.90 Å². The maximum atomic E-state index is 12.4. The van der Waals surface area contributed by atoms with Crippen LogP contribution in [0.25, 0.3) is 0 Å². The molecular weight excluding hydrogens is 256 g/mol. The van der Waals surface area contributed by atoms with Crippen molar-refractivity contribution >= 4 is 0 Å². The minimum atomic E-state index is -2.21. The van der Waals surface area contributed by atoms with Gasteiger partial charge in [-0.2, -0.15) is 0 Å². The monoisotopic (exact) mass is 281 g/mol. The summed E-state index contributed by atoms with van der Waals surface area (Å²) in [5, 5.41) is 0. The smallest absolute Gasteiger partial charge is 0.251 e. The van der Waals surface area contributed by atoms with E-state index in [9.17, 15) is 8.78 Å². The third-order valence-corrected chi connectivity index (χ3v) is 4.45. The molecule has 1 heterocycles. The van der Waals surface area contributed by atoms with E-state index in [1.54, 1.807) is 0 Å². The Labute approximate surface area is 121 Å². The Morgan fingerprint density at radius 3 is 2.30 bits per heavy atom. The molecule has 3 heteroatoms. The van der Waals surface area contributed by atoms with E-state index in [0.717, 1.165) is 38.8 Å². The van der Waals surface area contributed by atoms with Crippen LogP contribution in [0.4, 0.5) is 8.78 Å². The number of alkyl halides is 2. The Hall–Kier alpha value is -0.960. The van der Waals surface area contributed by atoms with Crippen LogP contribution in [0.1, 0.15) is 49.3 Å². The summed E-state index contributed by atoms with van der Waals surface area (Å²) in [6.45, 7) is 5.92. The summed E-state index contributed by atoms with van der Waals surface area (Å²) in [5.74, 6) is 0.542. The molecule has 1 aromatic carbocycles. The van der Waals surface area contributed by atoms with Gasteiger partial charge in [-0.05, 0) is 61.4 Å². The highest BCUT2D eigenvalue weighted by molar-refractivity contribution is 5.34. The number of piperidine rings is 1. The van der Waals surface area contributed by atoms with E-state index < -0.39 is 6.43 Å². The zero-order valence-corrected chi connectivity index (χ0v) is 12.5. The normalized spacial score (nSPS) is 17.9. The van der Waals surface area contributed by atoms with Crippen molar-refractivity contribution in [1.29, 1.82) is 0 Å². The Kier molecular flexibility index (Phi) is 5.53. The van der Waals surface area contributed by atoms with Gasteiger partial charge in [0.1, 0.15) is 0 Å². The molecule has 1 fully saturated rings. The van der Waals surface area contributed by atoms with Crippen molar-refractivity contribution < 1.29 is 8.78 Å². The Morgan fingerprint density at radius 1 is 1.10 bits per heavy atom. The van der Waals surface area contributed by atoms with Crippen LogP contribution in [0.5, 0.6) is 0 Å². The van der Waals surface area contributed by atoms with Gasteiger partial charge in [0, 0.05) is 0 Å². The molecular formula is C17H25F2N. The highest BCUT2D eigenvalue weighted by Crippen LogP contribution is 2.30. The van der Waals surface area contributed by atoms with Crippen LogP contribution in [0.2, 0.25) is 0 Å². The SMILES string of the molecule is CCc1ccc(C2CCN(CC(F)F)CC2)cc1CC. The second-order valence-electron chi connectivity index (χ2n) is 5.70. The predicted octanol–water partition coefficient (Wildman–Crippen LogP) is 4.26. The molecule has 0 bridgehead atoms. The molecule has 2 rings (SSSR count). The number of rotatable bonds is 5. The Bertz CT molecular complexity index is 423. The minimum Gasteiger partial charge on any atom is -0.298 e. The van der Waals surface area contributed by atoms with Crippen molar-refractivity contribution in [1.82, 2.24) is 4.90 Å². The van der Waals surface area contributed by atoms with E-state index >= 15 is 0 Å². The highest BCUT2D eigenvalue weighted by Gasteiger charge is 2.22. The van der Waals surface area contributed by atoms with E-state index in [1.807, 2.05) is 4.90 Å². The zero-order chi connectivity index (χ0) is 14.5.